The van der Waals surface area contributed by atoms with Gasteiger partial charge in [0.2, 0.25) is 0 Å². The molecule has 0 radical (unpaired) electrons. The summed E-state index contributed by atoms with van der Waals surface area (Å²) in [7, 11) is 1.37. The molecule has 0 N–H and O–H groups in total. The molecule has 2 nitrogen and oxygen atoms in total. The topological polar surface area (TPSA) is 26.3 Å². The molecule has 0 saturated carbocycles. The minimum absolute atomic E-state index is 0.101. The van der Waals surface area contributed by atoms with Crippen LogP contribution < -0.4 is 4.74 Å². The van der Waals surface area contributed by atoms with E-state index in [1.165, 1.54) is 25.3 Å². The van der Waals surface area contributed by atoms with E-state index in [1.54, 1.807) is 12.1 Å². The number of methoxy groups -OCH3 is 1. The van der Waals surface area contributed by atoms with Gasteiger partial charge in [-0.3, -0.25) is 4.79 Å². The maximum absolute atomic E-state index is 13.6. The zero-order chi connectivity index (χ0) is 14.0. The van der Waals surface area contributed by atoms with Gasteiger partial charge in [0.05, 0.1) is 7.11 Å². The van der Waals surface area contributed by atoms with Gasteiger partial charge in [0.15, 0.2) is 17.3 Å². The van der Waals surface area contributed by atoms with Crippen molar-refractivity contribution in [3.8, 4) is 5.75 Å². The second-order valence-electron chi connectivity index (χ2n) is 3.84. The van der Waals surface area contributed by atoms with Gasteiger partial charge in [0, 0.05) is 20.6 Å². The predicted molar refractivity (Wildman–Crippen MR) is 75.5 cm³/mol. The Morgan fingerprint density at radius 2 is 1.95 bits per heavy atom. The molecule has 0 aromatic heterocycles. The van der Waals surface area contributed by atoms with Crippen LogP contribution in [0.2, 0.25) is 5.02 Å². The second-order valence-corrected chi connectivity index (χ2v) is 5.19. The first-order valence-corrected chi connectivity index (χ1v) is 6.52. The zero-order valence-corrected chi connectivity index (χ0v) is 12.3. The number of halogens is 3. The molecule has 2 rings (SSSR count). The Kier molecular flexibility index (Phi) is 4.22. The van der Waals surface area contributed by atoms with Gasteiger partial charge >= 0.3 is 0 Å². The van der Waals surface area contributed by atoms with E-state index in [0.717, 1.165) is 6.07 Å². The van der Waals surface area contributed by atoms with Crippen molar-refractivity contribution in [3.63, 3.8) is 0 Å². The summed E-state index contributed by atoms with van der Waals surface area (Å²) in [6.45, 7) is 0. The van der Waals surface area contributed by atoms with Gasteiger partial charge in [-0.2, -0.15) is 0 Å². The van der Waals surface area contributed by atoms with Crippen LogP contribution in [-0.2, 0) is 0 Å². The number of hydrogen-bond donors (Lipinski definition) is 0. The Balaban J connectivity index is 2.41. The number of benzene rings is 2. The highest BCUT2D eigenvalue weighted by atomic mass is 79.9. The van der Waals surface area contributed by atoms with Gasteiger partial charge in [-0.1, -0.05) is 27.5 Å². The number of carbonyl (C=O) groups excluding carboxylic acids is 1. The summed E-state index contributed by atoms with van der Waals surface area (Å²) in [5, 5.41) is 0.437. The van der Waals surface area contributed by atoms with Crippen molar-refractivity contribution >= 4 is 33.3 Å². The zero-order valence-electron chi connectivity index (χ0n) is 9.91. The quantitative estimate of drug-likeness (QED) is 0.768. The molecule has 0 atom stereocenters. The first-order chi connectivity index (χ1) is 9.01. The van der Waals surface area contributed by atoms with Crippen LogP contribution >= 0.6 is 27.5 Å². The van der Waals surface area contributed by atoms with E-state index >= 15 is 0 Å². The molecule has 2 aromatic rings. The van der Waals surface area contributed by atoms with Gasteiger partial charge in [-0.15, -0.1) is 0 Å². The van der Waals surface area contributed by atoms with Crippen molar-refractivity contribution in [2.45, 2.75) is 0 Å². The van der Waals surface area contributed by atoms with Gasteiger partial charge in [0.1, 0.15) is 0 Å². The van der Waals surface area contributed by atoms with E-state index in [1.807, 2.05) is 0 Å². The van der Waals surface area contributed by atoms with Crippen LogP contribution in [0.15, 0.2) is 40.9 Å². The van der Waals surface area contributed by atoms with Crippen molar-refractivity contribution in [2.75, 3.05) is 7.11 Å². The van der Waals surface area contributed by atoms with Crippen LogP contribution in [0.1, 0.15) is 15.9 Å². The molecule has 0 aliphatic carbocycles. The molecule has 2 aromatic carbocycles. The van der Waals surface area contributed by atoms with Crippen molar-refractivity contribution in [2.24, 2.45) is 0 Å². The Morgan fingerprint density at radius 1 is 1.21 bits per heavy atom. The molecule has 0 aliphatic rings. The lowest BCUT2D eigenvalue weighted by molar-refractivity contribution is 0.103. The minimum atomic E-state index is -0.575. The lowest BCUT2D eigenvalue weighted by Gasteiger charge is -2.06. The number of carbonyl (C=O) groups is 1. The third-order valence-corrected chi connectivity index (χ3v) is 3.21. The summed E-state index contributed by atoms with van der Waals surface area (Å²) >= 11 is 9.14. The van der Waals surface area contributed by atoms with Crippen LogP contribution in [0.3, 0.4) is 0 Å². The average molecular weight is 344 g/mol. The monoisotopic (exact) mass is 342 g/mol. The molecule has 0 aliphatic heterocycles. The van der Waals surface area contributed by atoms with E-state index < -0.39 is 5.82 Å². The molecular weight excluding hydrogens is 335 g/mol. The maximum atomic E-state index is 13.6. The fourth-order valence-corrected chi connectivity index (χ4v) is 2.52. The Hall–Kier alpha value is -1.39. The highest BCUT2D eigenvalue weighted by Gasteiger charge is 2.13. The third kappa shape index (κ3) is 3.14. The van der Waals surface area contributed by atoms with Gasteiger partial charge in [-0.25, -0.2) is 4.39 Å². The molecule has 0 unspecified atom stereocenters. The summed E-state index contributed by atoms with van der Waals surface area (Å²) < 4.78 is 19.1. The molecule has 19 heavy (non-hydrogen) atoms. The van der Waals surface area contributed by atoms with Crippen LogP contribution in [0.5, 0.6) is 5.75 Å². The Bertz CT molecular complexity index is 623. The van der Waals surface area contributed by atoms with Crippen molar-refractivity contribution in [3.05, 3.63) is 62.8 Å². The normalized spacial score (nSPS) is 10.3. The fraction of sp³-hybridized carbons (Fsp3) is 0.0714. The Labute approximate surface area is 123 Å². The summed E-state index contributed by atoms with van der Waals surface area (Å²) in [5.74, 6) is -0.775. The van der Waals surface area contributed by atoms with Crippen molar-refractivity contribution in [1.82, 2.24) is 0 Å². The third-order valence-electron chi connectivity index (χ3n) is 2.54. The standard InChI is InChI=1S/C14H9BrClFO2/c1-19-13-3-2-8(6-12(13)17)14(18)9-4-10(15)7-11(16)5-9/h2-7H,1H3. The molecule has 0 spiro atoms. The summed E-state index contributed by atoms with van der Waals surface area (Å²) in [5.41, 5.74) is 0.636. The van der Waals surface area contributed by atoms with Gasteiger partial charge in [-0.05, 0) is 36.4 Å². The molecule has 98 valence electrons. The number of rotatable bonds is 3. The van der Waals surface area contributed by atoms with Gasteiger partial charge < -0.3 is 4.74 Å². The smallest absolute Gasteiger partial charge is 0.193 e. The van der Waals surface area contributed by atoms with Crippen LogP contribution in [0.25, 0.3) is 0 Å². The lowest BCUT2D eigenvalue weighted by atomic mass is 10.0. The van der Waals surface area contributed by atoms with E-state index in [2.05, 4.69) is 15.9 Å². The fourth-order valence-electron chi connectivity index (χ4n) is 1.66. The molecule has 0 fully saturated rings. The predicted octanol–water partition coefficient (Wildman–Crippen LogP) is 4.48. The second kappa shape index (κ2) is 5.72. The van der Waals surface area contributed by atoms with E-state index in [0.29, 0.717) is 15.1 Å². The van der Waals surface area contributed by atoms with Crippen LogP contribution in [-0.4, -0.2) is 12.9 Å². The minimum Gasteiger partial charge on any atom is -0.494 e. The first-order valence-electron chi connectivity index (χ1n) is 5.35. The average Bonchev–Trinajstić information content (AvgIpc) is 2.36. The molecule has 5 heteroatoms. The van der Waals surface area contributed by atoms with Crippen molar-refractivity contribution in [1.29, 1.82) is 0 Å². The molecule has 0 amide bonds. The first kappa shape index (κ1) is 14.0. The molecule has 0 bridgehead atoms. The number of hydrogen-bond acceptors (Lipinski definition) is 2. The summed E-state index contributed by atoms with van der Waals surface area (Å²) in [4.78, 5) is 12.2. The molecular formula is C14H9BrClFO2. The largest absolute Gasteiger partial charge is 0.494 e. The maximum Gasteiger partial charge on any atom is 0.193 e. The van der Waals surface area contributed by atoms with E-state index in [4.69, 9.17) is 16.3 Å². The summed E-state index contributed by atoms with van der Waals surface area (Å²) in [6, 6.07) is 8.93. The number of ketones is 1. The van der Waals surface area contributed by atoms with Gasteiger partial charge in [0.25, 0.3) is 0 Å². The summed E-state index contributed by atoms with van der Waals surface area (Å²) in [6.07, 6.45) is 0. The number of ether oxygens (including phenoxy) is 1. The van der Waals surface area contributed by atoms with Crippen molar-refractivity contribution < 1.29 is 13.9 Å². The molecule has 0 heterocycles. The molecule has 0 saturated heterocycles. The lowest BCUT2D eigenvalue weighted by Crippen LogP contribution is -2.02. The van der Waals surface area contributed by atoms with E-state index in [9.17, 15) is 9.18 Å². The van der Waals surface area contributed by atoms with Crippen LogP contribution in [0, 0.1) is 5.82 Å². The van der Waals surface area contributed by atoms with Crippen LogP contribution in [0.4, 0.5) is 4.39 Å². The Morgan fingerprint density at radius 3 is 2.53 bits per heavy atom. The highest BCUT2D eigenvalue weighted by molar-refractivity contribution is 9.10. The highest BCUT2D eigenvalue weighted by Crippen LogP contribution is 2.23. The SMILES string of the molecule is COc1ccc(C(=O)c2cc(Cl)cc(Br)c2)cc1F. The van der Waals surface area contributed by atoms with E-state index in [-0.39, 0.29) is 17.1 Å².